The zero-order chi connectivity index (χ0) is 27.7. The van der Waals surface area contributed by atoms with E-state index in [0.29, 0.717) is 5.56 Å². The first kappa shape index (κ1) is 26.4. The van der Waals surface area contributed by atoms with Gasteiger partial charge in [-0.15, -0.1) is 5.11 Å². The molecule has 0 aromatic heterocycles. The van der Waals surface area contributed by atoms with Crippen LogP contribution in [0.2, 0.25) is 0 Å². The highest BCUT2D eigenvalue weighted by molar-refractivity contribution is 6.29. The average molecular weight is 522 g/mol. The Morgan fingerprint density at radius 1 is 0.923 bits per heavy atom. The van der Waals surface area contributed by atoms with Crippen LogP contribution in [0.4, 0.5) is 34.1 Å². The van der Waals surface area contributed by atoms with Crippen molar-refractivity contribution in [3.05, 3.63) is 83.9 Å². The van der Waals surface area contributed by atoms with E-state index in [1.165, 1.54) is 5.56 Å². The quantitative estimate of drug-likeness (QED) is 0.186. The molecule has 1 heterocycles. The predicted molar refractivity (Wildman–Crippen MR) is 163 cm³/mol. The monoisotopic (exact) mass is 521 g/mol. The summed E-state index contributed by atoms with van der Waals surface area (Å²) in [5.74, 6) is -0.0248. The molecule has 200 valence electrons. The van der Waals surface area contributed by atoms with E-state index in [1.54, 1.807) is 4.90 Å². The zero-order valence-electron chi connectivity index (χ0n) is 23.7. The summed E-state index contributed by atoms with van der Waals surface area (Å²) in [4.78, 5) is 17.3. The second-order valence-electron chi connectivity index (χ2n) is 11.2. The van der Waals surface area contributed by atoms with E-state index in [2.05, 4.69) is 55.7 Å². The van der Waals surface area contributed by atoms with Crippen LogP contribution in [0.5, 0.6) is 0 Å². The molecule has 0 saturated heterocycles. The number of benzene rings is 4. The van der Waals surface area contributed by atoms with Gasteiger partial charge in [0.05, 0.1) is 50.3 Å². The molecule has 5 rings (SSSR count). The van der Waals surface area contributed by atoms with Gasteiger partial charge in [-0.1, -0.05) is 12.1 Å². The summed E-state index contributed by atoms with van der Waals surface area (Å²) >= 11 is 0. The maximum Gasteiger partial charge on any atom is 0.263 e. The van der Waals surface area contributed by atoms with Crippen molar-refractivity contribution in [2.75, 3.05) is 63.4 Å². The van der Waals surface area contributed by atoms with Crippen molar-refractivity contribution < 1.29 is 9.28 Å². The van der Waals surface area contributed by atoms with Crippen molar-refractivity contribution in [3.8, 4) is 0 Å². The predicted octanol–water partition coefficient (Wildman–Crippen LogP) is 7.29. The van der Waals surface area contributed by atoms with Crippen LogP contribution in [0.15, 0.2) is 83.0 Å². The Labute approximate surface area is 231 Å². The van der Waals surface area contributed by atoms with Crippen molar-refractivity contribution in [2.24, 2.45) is 10.2 Å². The molecule has 1 aliphatic rings. The van der Waals surface area contributed by atoms with Crippen LogP contribution in [0.1, 0.15) is 22.8 Å². The van der Waals surface area contributed by atoms with Crippen molar-refractivity contribution in [1.29, 1.82) is 0 Å². The number of quaternary nitrogens is 1. The molecule has 0 unspecified atom stereocenters. The topological polar surface area (TPSA) is 60.3 Å². The molecule has 4 aromatic rings. The molecular weight excluding hydrogens is 484 g/mol. The molecule has 4 aromatic carbocycles. The van der Waals surface area contributed by atoms with Crippen LogP contribution in [0, 0.1) is 0 Å². The van der Waals surface area contributed by atoms with Crippen LogP contribution in [0.3, 0.4) is 0 Å². The summed E-state index contributed by atoms with van der Waals surface area (Å²) < 4.78 is 0.896. The first-order valence-corrected chi connectivity index (χ1v) is 13.4. The minimum absolute atomic E-state index is 0.0248. The molecule has 0 fully saturated rings. The Kier molecular flexibility index (Phi) is 7.10. The number of nitrogens with zero attached hydrogens (tertiary/aromatic N) is 5. The van der Waals surface area contributed by atoms with E-state index in [1.807, 2.05) is 79.7 Å². The van der Waals surface area contributed by atoms with Crippen LogP contribution in [-0.2, 0) is 6.42 Å². The minimum Gasteiger partial charge on any atom is -0.385 e. The van der Waals surface area contributed by atoms with Gasteiger partial charge in [0.2, 0.25) is 0 Å². The second kappa shape index (κ2) is 10.5. The first-order chi connectivity index (χ1) is 18.7. The van der Waals surface area contributed by atoms with Gasteiger partial charge in [-0.2, -0.15) is 5.11 Å². The van der Waals surface area contributed by atoms with Crippen LogP contribution < -0.4 is 15.1 Å². The van der Waals surface area contributed by atoms with Gasteiger partial charge >= 0.3 is 0 Å². The van der Waals surface area contributed by atoms with Gasteiger partial charge in [0, 0.05) is 54.9 Å². The number of likely N-dealkylation sites (N-methyl/N-ethyl adjacent to an activating group) is 1. The number of anilines is 4. The highest BCUT2D eigenvalue weighted by Gasteiger charge is 2.31. The van der Waals surface area contributed by atoms with Crippen LogP contribution in [0.25, 0.3) is 10.8 Å². The summed E-state index contributed by atoms with van der Waals surface area (Å²) in [5, 5.41) is 14.6. The third-order valence-corrected chi connectivity index (χ3v) is 7.08. The summed E-state index contributed by atoms with van der Waals surface area (Å²) in [6.07, 6.45) is 0.948. The number of rotatable bonds is 9. The van der Waals surface area contributed by atoms with Gasteiger partial charge in [0.25, 0.3) is 5.91 Å². The molecular formula is C32H37N6O+. The molecule has 0 radical (unpaired) electrons. The highest BCUT2D eigenvalue weighted by atomic mass is 16.2. The number of azo groups is 1. The first-order valence-electron chi connectivity index (χ1n) is 13.4. The molecule has 1 N–H and O–H groups in total. The van der Waals surface area contributed by atoms with Gasteiger partial charge in [-0.25, -0.2) is 0 Å². The number of hydrogen-bond donors (Lipinski definition) is 1. The fourth-order valence-corrected chi connectivity index (χ4v) is 4.99. The largest absolute Gasteiger partial charge is 0.385 e. The van der Waals surface area contributed by atoms with Crippen molar-refractivity contribution >= 4 is 50.8 Å². The Morgan fingerprint density at radius 2 is 1.69 bits per heavy atom. The van der Waals surface area contributed by atoms with E-state index in [0.717, 1.165) is 68.9 Å². The fraction of sp³-hybridized carbons (Fsp3) is 0.281. The minimum atomic E-state index is -0.0248. The van der Waals surface area contributed by atoms with Crippen molar-refractivity contribution in [3.63, 3.8) is 0 Å². The lowest BCUT2D eigenvalue weighted by atomic mass is 10.0. The van der Waals surface area contributed by atoms with E-state index in [4.69, 9.17) is 0 Å². The molecule has 0 spiro atoms. The molecule has 39 heavy (non-hydrogen) atoms. The van der Waals surface area contributed by atoms with E-state index < -0.39 is 0 Å². The molecule has 0 bridgehead atoms. The maximum absolute atomic E-state index is 13.5. The lowest BCUT2D eigenvalue weighted by Gasteiger charge is -2.24. The lowest BCUT2D eigenvalue weighted by molar-refractivity contribution is -0.870. The number of carbonyl (C=O) groups is 1. The van der Waals surface area contributed by atoms with E-state index in [9.17, 15) is 4.79 Å². The normalized spacial score (nSPS) is 13.1. The third-order valence-electron chi connectivity index (χ3n) is 7.08. The smallest absolute Gasteiger partial charge is 0.263 e. The zero-order valence-corrected chi connectivity index (χ0v) is 23.7. The summed E-state index contributed by atoms with van der Waals surface area (Å²) in [6.45, 7) is 4.00. The van der Waals surface area contributed by atoms with E-state index in [-0.39, 0.29) is 5.91 Å². The Balaban J connectivity index is 1.49. The Hall–Kier alpha value is -4.23. The second-order valence-corrected chi connectivity index (χ2v) is 11.2. The number of amides is 1. The maximum atomic E-state index is 13.5. The molecule has 0 saturated carbocycles. The summed E-state index contributed by atoms with van der Waals surface area (Å²) in [5.41, 5.74) is 7.44. The van der Waals surface area contributed by atoms with Gasteiger partial charge in [0.15, 0.2) is 0 Å². The highest BCUT2D eigenvalue weighted by Crippen LogP contribution is 2.44. The van der Waals surface area contributed by atoms with Gasteiger partial charge in [-0.05, 0) is 73.2 Å². The summed E-state index contributed by atoms with van der Waals surface area (Å²) in [7, 11) is 10.6. The number of hydrogen-bond acceptors (Lipinski definition) is 5. The van der Waals surface area contributed by atoms with Gasteiger partial charge < -0.3 is 14.7 Å². The van der Waals surface area contributed by atoms with Crippen LogP contribution in [-0.4, -0.2) is 58.7 Å². The fourth-order valence-electron chi connectivity index (χ4n) is 4.99. The molecule has 0 atom stereocenters. The summed E-state index contributed by atoms with van der Waals surface area (Å²) in [6, 6.07) is 24.0. The van der Waals surface area contributed by atoms with Gasteiger partial charge in [0.1, 0.15) is 0 Å². The van der Waals surface area contributed by atoms with Gasteiger partial charge in [-0.3, -0.25) is 9.69 Å². The standard InChI is InChI=1S/C32H36N6O/c1-7-33-28-17-11-23(21-22(28)19-20-38(4,5)6)34-35-29-18-16-27-31-26(29)9-8-10-30(31)37(32(27)39)25-14-12-24(13-15-25)36(2)3/h8-18,21H,7,19-20H2,1-6H3/p+1. The Bertz CT molecular complexity index is 1550. The number of carbonyl (C=O) groups excluding carboxylic acids is 1. The molecule has 1 aliphatic heterocycles. The van der Waals surface area contributed by atoms with E-state index >= 15 is 0 Å². The molecule has 7 heteroatoms. The Morgan fingerprint density at radius 3 is 2.38 bits per heavy atom. The average Bonchev–Trinajstić information content (AvgIpc) is 3.20. The molecule has 0 aliphatic carbocycles. The van der Waals surface area contributed by atoms with Crippen LogP contribution >= 0.6 is 0 Å². The number of nitrogens with one attached hydrogen (secondary N) is 1. The van der Waals surface area contributed by atoms with Crippen molar-refractivity contribution in [1.82, 2.24) is 0 Å². The third kappa shape index (κ3) is 5.36. The molecule has 1 amide bonds. The lowest BCUT2D eigenvalue weighted by Crippen LogP contribution is -2.36. The molecule has 7 nitrogen and oxygen atoms in total. The van der Waals surface area contributed by atoms with Crippen molar-refractivity contribution in [2.45, 2.75) is 13.3 Å². The SMILES string of the molecule is CCNc1ccc(/N=N/c2ccc3c4c(cccc24)N(c2ccc(N(C)C)cc2)C3=O)cc1CC[N+](C)(C)C.